The van der Waals surface area contributed by atoms with Crippen molar-refractivity contribution in [3.05, 3.63) is 0 Å². The van der Waals surface area contributed by atoms with Gasteiger partial charge < -0.3 is 15.7 Å². The minimum Gasteiger partial charge on any atom is -0.387 e. The highest BCUT2D eigenvalue weighted by atomic mass is 16.3. The van der Waals surface area contributed by atoms with Crippen LogP contribution in [-0.2, 0) is 9.59 Å². The molecule has 0 aliphatic heterocycles. The Morgan fingerprint density at radius 1 is 0.941 bits per heavy atom. The fraction of sp³-hybridized carbons (Fsp3) is 0.833. The summed E-state index contributed by atoms with van der Waals surface area (Å²) in [5.74, 6) is -0.404. The number of carbonyl (C=O) groups is 2. The number of aliphatic hydroxyl groups excluding tert-OH is 1. The normalized spacial score (nSPS) is 7.88. The third-order valence-corrected chi connectivity index (χ3v) is 1.44. The largest absolute Gasteiger partial charge is 0.387 e. The molecule has 0 radical (unpaired) electrons. The number of hydrogen-bond donors (Lipinski definition) is 3. The average Bonchev–Trinajstić information content (AvgIpc) is 2.37. The molecule has 0 spiro atoms. The first-order valence-electron chi connectivity index (χ1n) is 6.29. The molecular formula is C12H28N2O3. The second-order valence-electron chi connectivity index (χ2n) is 2.70. The van der Waals surface area contributed by atoms with Gasteiger partial charge in [0.2, 0.25) is 11.8 Å². The van der Waals surface area contributed by atoms with Crippen LogP contribution in [0.3, 0.4) is 0 Å². The van der Waals surface area contributed by atoms with Crippen molar-refractivity contribution in [2.45, 2.75) is 47.5 Å². The summed E-state index contributed by atoms with van der Waals surface area (Å²) in [6.07, 6.45) is 1.62. The molecule has 0 aromatic rings. The van der Waals surface area contributed by atoms with Crippen LogP contribution in [0.25, 0.3) is 0 Å². The van der Waals surface area contributed by atoms with Crippen molar-refractivity contribution < 1.29 is 14.7 Å². The van der Waals surface area contributed by atoms with Gasteiger partial charge in [0.1, 0.15) is 6.61 Å². The van der Waals surface area contributed by atoms with E-state index in [0.717, 1.165) is 12.8 Å². The Hall–Kier alpha value is -1.10. The van der Waals surface area contributed by atoms with Gasteiger partial charge in [-0.1, -0.05) is 27.7 Å². The van der Waals surface area contributed by atoms with Crippen molar-refractivity contribution in [3.63, 3.8) is 0 Å². The molecule has 0 rings (SSSR count). The third kappa shape index (κ3) is 25.3. The molecule has 0 aliphatic rings. The molecule has 0 bridgehead atoms. The first-order chi connectivity index (χ1) is 8.16. The maximum atomic E-state index is 10.5. The van der Waals surface area contributed by atoms with Crippen LogP contribution in [-0.4, -0.2) is 36.6 Å². The second kappa shape index (κ2) is 20.3. The van der Waals surface area contributed by atoms with Crippen LogP contribution < -0.4 is 10.6 Å². The third-order valence-electron chi connectivity index (χ3n) is 1.44. The van der Waals surface area contributed by atoms with Gasteiger partial charge in [0.25, 0.3) is 0 Å². The Morgan fingerprint density at radius 3 is 1.71 bits per heavy atom. The number of carbonyl (C=O) groups excluding carboxylic acids is 2. The zero-order valence-electron chi connectivity index (χ0n) is 11.8. The van der Waals surface area contributed by atoms with Gasteiger partial charge in [-0.05, 0) is 12.8 Å². The predicted octanol–water partition coefficient (Wildman–Crippen LogP) is 1.06. The van der Waals surface area contributed by atoms with E-state index in [1.54, 1.807) is 0 Å². The van der Waals surface area contributed by atoms with Gasteiger partial charge in [0.15, 0.2) is 0 Å². The molecule has 17 heavy (non-hydrogen) atoms. The van der Waals surface area contributed by atoms with E-state index in [0.29, 0.717) is 13.1 Å². The minimum atomic E-state index is -0.467. The Morgan fingerprint density at radius 2 is 1.35 bits per heavy atom. The van der Waals surface area contributed by atoms with Crippen molar-refractivity contribution in [1.29, 1.82) is 0 Å². The minimum absolute atomic E-state index is 0.0422. The molecule has 0 aliphatic carbocycles. The van der Waals surface area contributed by atoms with Crippen molar-refractivity contribution >= 4 is 11.8 Å². The van der Waals surface area contributed by atoms with Crippen LogP contribution >= 0.6 is 0 Å². The first kappa shape index (κ1) is 21.2. The fourth-order valence-electron chi connectivity index (χ4n) is 0.798. The molecule has 3 N–H and O–H groups in total. The standard InChI is InChI=1S/C8H16N2O3.2C2H6/c1-7(12)9-4-2-3-5-10-8(13)6-11;2*1-2/h11H,2-6H2,1H3,(H,9,12)(H,10,13);2*1-2H3. The summed E-state index contributed by atoms with van der Waals surface area (Å²) < 4.78 is 0. The lowest BCUT2D eigenvalue weighted by atomic mass is 10.3. The fourth-order valence-corrected chi connectivity index (χ4v) is 0.798. The van der Waals surface area contributed by atoms with E-state index in [1.807, 2.05) is 27.7 Å². The molecule has 0 saturated heterocycles. The summed E-state index contributed by atoms with van der Waals surface area (Å²) in [5, 5.41) is 13.5. The van der Waals surface area contributed by atoms with E-state index >= 15 is 0 Å². The predicted molar refractivity (Wildman–Crippen MR) is 70.7 cm³/mol. The highest BCUT2D eigenvalue weighted by molar-refractivity contribution is 5.76. The number of unbranched alkanes of at least 4 members (excludes halogenated alkanes) is 1. The summed E-state index contributed by atoms with van der Waals surface area (Å²) in [6.45, 7) is 10.2. The Kier molecular flexibility index (Phi) is 25.4. The highest BCUT2D eigenvalue weighted by Crippen LogP contribution is 1.84. The number of rotatable bonds is 6. The summed E-state index contributed by atoms with van der Waals surface area (Å²) in [7, 11) is 0. The molecule has 0 aromatic carbocycles. The topological polar surface area (TPSA) is 78.4 Å². The highest BCUT2D eigenvalue weighted by Gasteiger charge is 1.96. The van der Waals surface area contributed by atoms with Gasteiger partial charge in [0.05, 0.1) is 0 Å². The van der Waals surface area contributed by atoms with Crippen molar-refractivity contribution in [2.24, 2.45) is 0 Å². The number of hydrogen-bond acceptors (Lipinski definition) is 3. The zero-order chi connectivity index (χ0) is 14.1. The monoisotopic (exact) mass is 248 g/mol. The van der Waals surface area contributed by atoms with Crippen LogP contribution in [0, 0.1) is 0 Å². The summed E-state index contributed by atoms with van der Waals surface area (Å²) in [5.41, 5.74) is 0. The molecule has 0 atom stereocenters. The molecule has 5 heteroatoms. The van der Waals surface area contributed by atoms with E-state index in [-0.39, 0.29) is 11.8 Å². The molecule has 104 valence electrons. The van der Waals surface area contributed by atoms with E-state index in [1.165, 1.54) is 6.92 Å². The second-order valence-corrected chi connectivity index (χ2v) is 2.70. The van der Waals surface area contributed by atoms with E-state index in [4.69, 9.17) is 5.11 Å². The van der Waals surface area contributed by atoms with Gasteiger partial charge in [-0.3, -0.25) is 9.59 Å². The van der Waals surface area contributed by atoms with Crippen LogP contribution in [0.5, 0.6) is 0 Å². The lowest BCUT2D eigenvalue weighted by molar-refractivity contribution is -0.124. The molecule has 0 aromatic heterocycles. The van der Waals surface area contributed by atoms with Crippen molar-refractivity contribution in [3.8, 4) is 0 Å². The first-order valence-corrected chi connectivity index (χ1v) is 6.29. The smallest absolute Gasteiger partial charge is 0.245 e. The summed E-state index contributed by atoms with van der Waals surface area (Å²) in [6, 6.07) is 0. The van der Waals surface area contributed by atoms with E-state index in [9.17, 15) is 9.59 Å². The molecule has 0 heterocycles. The lowest BCUT2D eigenvalue weighted by Gasteiger charge is -2.03. The molecule has 2 amide bonds. The average molecular weight is 248 g/mol. The maximum Gasteiger partial charge on any atom is 0.245 e. The molecular weight excluding hydrogens is 220 g/mol. The number of aliphatic hydroxyl groups is 1. The van der Waals surface area contributed by atoms with Crippen LogP contribution in [0.2, 0.25) is 0 Å². The zero-order valence-corrected chi connectivity index (χ0v) is 11.8. The van der Waals surface area contributed by atoms with Gasteiger partial charge in [0, 0.05) is 20.0 Å². The lowest BCUT2D eigenvalue weighted by Crippen LogP contribution is -2.28. The Labute approximate surface area is 105 Å². The number of nitrogens with one attached hydrogen (secondary N) is 2. The van der Waals surface area contributed by atoms with Crippen LogP contribution in [0.1, 0.15) is 47.5 Å². The SMILES string of the molecule is CC.CC.CC(=O)NCCCCNC(=O)CO. The summed E-state index contributed by atoms with van der Waals surface area (Å²) in [4.78, 5) is 20.9. The van der Waals surface area contributed by atoms with Crippen molar-refractivity contribution in [2.75, 3.05) is 19.7 Å². The van der Waals surface area contributed by atoms with E-state index < -0.39 is 6.61 Å². The maximum absolute atomic E-state index is 10.5. The molecule has 0 unspecified atom stereocenters. The number of amides is 2. The van der Waals surface area contributed by atoms with E-state index in [2.05, 4.69) is 10.6 Å². The summed E-state index contributed by atoms with van der Waals surface area (Å²) >= 11 is 0. The van der Waals surface area contributed by atoms with Crippen LogP contribution in [0.4, 0.5) is 0 Å². The van der Waals surface area contributed by atoms with Crippen LogP contribution in [0.15, 0.2) is 0 Å². The Bertz CT molecular complexity index is 173. The quantitative estimate of drug-likeness (QED) is 0.615. The molecule has 0 fully saturated rings. The van der Waals surface area contributed by atoms with Gasteiger partial charge in [-0.25, -0.2) is 0 Å². The van der Waals surface area contributed by atoms with Gasteiger partial charge in [-0.15, -0.1) is 0 Å². The van der Waals surface area contributed by atoms with Crippen molar-refractivity contribution in [1.82, 2.24) is 10.6 Å². The molecule has 0 saturated carbocycles. The molecule has 5 nitrogen and oxygen atoms in total. The van der Waals surface area contributed by atoms with Gasteiger partial charge in [-0.2, -0.15) is 0 Å². The Balaban J connectivity index is -0.000000439. The van der Waals surface area contributed by atoms with Gasteiger partial charge >= 0.3 is 0 Å².